The molecule has 0 aliphatic rings. The highest BCUT2D eigenvalue weighted by molar-refractivity contribution is 5.58. The molecular weight excluding hydrogens is 360 g/mol. The SMILES string of the molecule is Cc1cc(Nc2ccc(OC(C)C)cc2)nc(N(Cc2ccccc2)C(C)C)n1. The minimum atomic E-state index is 0.160. The third-order valence-electron chi connectivity index (χ3n) is 4.42. The largest absolute Gasteiger partial charge is 0.491 e. The second kappa shape index (κ2) is 9.41. The third-order valence-corrected chi connectivity index (χ3v) is 4.42. The molecule has 3 rings (SSSR count). The van der Waals surface area contributed by atoms with E-state index >= 15 is 0 Å². The van der Waals surface area contributed by atoms with Crippen LogP contribution in [0.3, 0.4) is 0 Å². The van der Waals surface area contributed by atoms with Crippen molar-refractivity contribution >= 4 is 17.5 Å². The van der Waals surface area contributed by atoms with Gasteiger partial charge in [0.15, 0.2) is 0 Å². The summed E-state index contributed by atoms with van der Waals surface area (Å²) in [6.07, 6.45) is 0.160. The van der Waals surface area contributed by atoms with Crippen LogP contribution in [0.1, 0.15) is 39.0 Å². The predicted molar refractivity (Wildman–Crippen MR) is 120 cm³/mol. The van der Waals surface area contributed by atoms with Crippen LogP contribution in [0.2, 0.25) is 0 Å². The summed E-state index contributed by atoms with van der Waals surface area (Å²) in [4.78, 5) is 11.7. The van der Waals surface area contributed by atoms with Crippen molar-refractivity contribution in [3.8, 4) is 5.75 Å². The molecule has 0 unspecified atom stereocenters. The topological polar surface area (TPSA) is 50.3 Å². The fourth-order valence-corrected chi connectivity index (χ4v) is 3.05. The van der Waals surface area contributed by atoms with Crippen molar-refractivity contribution in [2.45, 2.75) is 53.3 Å². The van der Waals surface area contributed by atoms with Crippen LogP contribution in [0, 0.1) is 6.92 Å². The average molecular weight is 391 g/mol. The molecule has 29 heavy (non-hydrogen) atoms. The lowest BCUT2D eigenvalue weighted by Gasteiger charge is -2.27. The Labute approximate surface area is 173 Å². The van der Waals surface area contributed by atoms with Crippen LogP contribution in [0.4, 0.5) is 17.5 Å². The van der Waals surface area contributed by atoms with E-state index in [0.29, 0.717) is 0 Å². The molecule has 0 atom stereocenters. The van der Waals surface area contributed by atoms with E-state index in [-0.39, 0.29) is 12.1 Å². The van der Waals surface area contributed by atoms with Gasteiger partial charge in [0.25, 0.3) is 0 Å². The van der Waals surface area contributed by atoms with Gasteiger partial charge in [-0.3, -0.25) is 0 Å². The monoisotopic (exact) mass is 390 g/mol. The van der Waals surface area contributed by atoms with Crippen LogP contribution in [-0.4, -0.2) is 22.1 Å². The number of anilines is 3. The van der Waals surface area contributed by atoms with Crippen molar-refractivity contribution in [1.82, 2.24) is 9.97 Å². The van der Waals surface area contributed by atoms with Crippen LogP contribution < -0.4 is 15.0 Å². The quantitative estimate of drug-likeness (QED) is 0.532. The second-order valence-corrected chi connectivity index (χ2v) is 7.72. The summed E-state index contributed by atoms with van der Waals surface area (Å²) in [5, 5.41) is 3.39. The molecule has 1 aromatic heterocycles. The standard InChI is InChI=1S/C24H30N4O/c1-17(2)28(16-20-9-7-6-8-10-20)24-25-19(5)15-23(27-24)26-21-11-13-22(14-12-21)29-18(3)4/h6-15,17-18H,16H2,1-5H3,(H,25,26,27). The Morgan fingerprint density at radius 1 is 0.931 bits per heavy atom. The highest BCUT2D eigenvalue weighted by atomic mass is 16.5. The van der Waals surface area contributed by atoms with Gasteiger partial charge in [-0.1, -0.05) is 30.3 Å². The Kier molecular flexibility index (Phi) is 6.70. The normalized spacial score (nSPS) is 11.0. The van der Waals surface area contributed by atoms with Gasteiger partial charge in [0.05, 0.1) is 6.10 Å². The molecule has 0 radical (unpaired) electrons. The fourth-order valence-electron chi connectivity index (χ4n) is 3.05. The van der Waals surface area contributed by atoms with Crippen LogP contribution in [0.25, 0.3) is 0 Å². The van der Waals surface area contributed by atoms with Crippen molar-refractivity contribution < 1.29 is 4.74 Å². The van der Waals surface area contributed by atoms with Gasteiger partial charge < -0.3 is 15.0 Å². The maximum Gasteiger partial charge on any atom is 0.228 e. The predicted octanol–water partition coefficient (Wildman–Crippen LogP) is 5.73. The number of nitrogens with zero attached hydrogens (tertiary/aromatic N) is 3. The molecule has 152 valence electrons. The maximum atomic E-state index is 5.71. The van der Waals surface area contributed by atoms with Crippen molar-refractivity contribution in [3.05, 3.63) is 71.9 Å². The molecule has 1 heterocycles. The fraction of sp³-hybridized carbons (Fsp3) is 0.333. The van der Waals surface area contributed by atoms with E-state index in [9.17, 15) is 0 Å². The van der Waals surface area contributed by atoms with E-state index in [2.05, 4.69) is 48.3 Å². The molecule has 0 amide bonds. The van der Waals surface area contributed by atoms with E-state index in [4.69, 9.17) is 14.7 Å². The van der Waals surface area contributed by atoms with Gasteiger partial charge in [-0.15, -0.1) is 0 Å². The number of benzene rings is 2. The van der Waals surface area contributed by atoms with Gasteiger partial charge in [0, 0.05) is 30.0 Å². The molecule has 5 heteroatoms. The third kappa shape index (κ3) is 5.95. The van der Waals surface area contributed by atoms with Gasteiger partial charge in [-0.25, -0.2) is 4.98 Å². The van der Waals surface area contributed by atoms with Gasteiger partial charge in [-0.2, -0.15) is 4.98 Å². The Bertz CT molecular complexity index is 908. The number of hydrogen-bond donors (Lipinski definition) is 1. The average Bonchev–Trinajstić information content (AvgIpc) is 2.67. The maximum absolute atomic E-state index is 5.71. The Morgan fingerprint density at radius 3 is 2.24 bits per heavy atom. The van der Waals surface area contributed by atoms with E-state index in [1.54, 1.807) is 0 Å². The van der Waals surface area contributed by atoms with Crippen LogP contribution >= 0.6 is 0 Å². The molecule has 0 aliphatic heterocycles. The molecule has 0 saturated heterocycles. The summed E-state index contributed by atoms with van der Waals surface area (Å²) >= 11 is 0. The smallest absolute Gasteiger partial charge is 0.228 e. The number of nitrogens with one attached hydrogen (secondary N) is 1. The molecule has 2 aromatic carbocycles. The van der Waals surface area contributed by atoms with Crippen molar-refractivity contribution in [3.63, 3.8) is 0 Å². The lowest BCUT2D eigenvalue weighted by atomic mass is 10.2. The van der Waals surface area contributed by atoms with Crippen LogP contribution in [0.5, 0.6) is 5.75 Å². The Hall–Kier alpha value is -3.08. The van der Waals surface area contributed by atoms with Gasteiger partial charge in [0.1, 0.15) is 11.6 Å². The first kappa shape index (κ1) is 20.6. The van der Waals surface area contributed by atoms with Crippen molar-refractivity contribution in [2.24, 2.45) is 0 Å². The van der Waals surface area contributed by atoms with E-state index in [1.807, 2.05) is 57.2 Å². The number of hydrogen-bond acceptors (Lipinski definition) is 5. The van der Waals surface area contributed by atoms with E-state index in [0.717, 1.165) is 35.4 Å². The number of rotatable bonds is 8. The van der Waals surface area contributed by atoms with E-state index in [1.165, 1.54) is 5.56 Å². The summed E-state index contributed by atoms with van der Waals surface area (Å²) in [5.74, 6) is 2.37. The second-order valence-electron chi connectivity index (χ2n) is 7.72. The zero-order valence-electron chi connectivity index (χ0n) is 17.9. The first-order valence-corrected chi connectivity index (χ1v) is 10.1. The molecule has 5 nitrogen and oxygen atoms in total. The Morgan fingerprint density at radius 2 is 1.62 bits per heavy atom. The molecule has 0 bridgehead atoms. The summed E-state index contributed by atoms with van der Waals surface area (Å²) in [6.45, 7) is 11.1. The summed E-state index contributed by atoms with van der Waals surface area (Å²) in [7, 11) is 0. The number of ether oxygens (including phenoxy) is 1. The molecule has 0 aliphatic carbocycles. The lowest BCUT2D eigenvalue weighted by molar-refractivity contribution is 0.242. The highest BCUT2D eigenvalue weighted by Crippen LogP contribution is 2.23. The van der Waals surface area contributed by atoms with E-state index < -0.39 is 0 Å². The molecule has 0 saturated carbocycles. The summed E-state index contributed by atoms with van der Waals surface area (Å²) in [5.41, 5.74) is 3.13. The van der Waals surface area contributed by atoms with Crippen LogP contribution in [-0.2, 0) is 6.54 Å². The van der Waals surface area contributed by atoms with Gasteiger partial charge in [-0.05, 0) is 64.4 Å². The van der Waals surface area contributed by atoms with Crippen LogP contribution in [0.15, 0.2) is 60.7 Å². The minimum Gasteiger partial charge on any atom is -0.491 e. The summed E-state index contributed by atoms with van der Waals surface area (Å²) < 4.78 is 5.71. The number of aryl methyl sites for hydroxylation is 1. The first-order chi connectivity index (χ1) is 13.9. The molecule has 1 N–H and O–H groups in total. The minimum absolute atomic E-state index is 0.160. The number of aromatic nitrogens is 2. The highest BCUT2D eigenvalue weighted by Gasteiger charge is 2.16. The molecular formula is C24H30N4O. The van der Waals surface area contributed by atoms with Crippen molar-refractivity contribution in [2.75, 3.05) is 10.2 Å². The van der Waals surface area contributed by atoms with Gasteiger partial charge >= 0.3 is 0 Å². The molecule has 3 aromatic rings. The van der Waals surface area contributed by atoms with Gasteiger partial charge in [0.2, 0.25) is 5.95 Å². The molecule has 0 fully saturated rings. The molecule has 0 spiro atoms. The lowest BCUT2D eigenvalue weighted by Crippen LogP contribution is -2.32. The summed E-state index contributed by atoms with van der Waals surface area (Å²) in [6, 6.07) is 20.6. The first-order valence-electron chi connectivity index (χ1n) is 10.1. The van der Waals surface area contributed by atoms with Crippen molar-refractivity contribution in [1.29, 1.82) is 0 Å². The Balaban J connectivity index is 1.81. The zero-order valence-corrected chi connectivity index (χ0v) is 17.9. The zero-order chi connectivity index (χ0) is 20.8.